The van der Waals surface area contributed by atoms with E-state index in [2.05, 4.69) is 4.94 Å². The molecular weight excluding hydrogens is 193 g/mol. The summed E-state index contributed by atoms with van der Waals surface area (Å²) >= 11 is 0. The Balaban J connectivity index is 0. The quantitative estimate of drug-likeness (QED) is 0.265. The Morgan fingerprint density at radius 1 is 1.71 bits per heavy atom. The van der Waals surface area contributed by atoms with Crippen molar-refractivity contribution in [2.75, 3.05) is 0 Å². The molecule has 0 saturated carbocycles. The number of nitrogens with zero attached hydrogens (tertiary/aromatic N) is 2. The van der Waals surface area contributed by atoms with Gasteiger partial charge >= 0.3 is 5.34 Å². The van der Waals surface area contributed by atoms with Crippen molar-refractivity contribution >= 4 is 0 Å². The monoisotopic (exact) mass is 194 g/mol. The Bertz CT molecular complexity index is 70.1. The zero-order valence-electron chi connectivity index (χ0n) is 2.88. The average Bonchev–Trinajstić information content (AvgIpc) is 1.35. The Morgan fingerprint density at radius 2 is 2.14 bits per heavy atom. The van der Waals surface area contributed by atoms with E-state index in [0.717, 1.165) is 0 Å². The van der Waals surface area contributed by atoms with Crippen LogP contribution in [0, 0.1) is 15.0 Å². The summed E-state index contributed by atoms with van der Waals surface area (Å²) < 4.78 is 0. The minimum Gasteiger partial charge on any atom is -0.218 e. The summed E-state index contributed by atoms with van der Waals surface area (Å²) in [5.74, 6) is 0. The molecule has 6 nitrogen and oxygen atoms in total. The van der Waals surface area contributed by atoms with Crippen LogP contribution in [-0.2, 0) is 24.4 Å². The van der Waals surface area contributed by atoms with Crippen molar-refractivity contribution < 1.29 is 29.5 Å². The third kappa shape index (κ3) is 10.8. The van der Waals surface area contributed by atoms with Crippen LogP contribution in [-0.4, -0.2) is 5.09 Å². The van der Waals surface area contributed by atoms with Gasteiger partial charge in [0.15, 0.2) is 5.09 Å². The molecule has 0 aliphatic rings. The SMILES string of the molecule is O=NO[N+](=O)[O-].[Ru]. The Hall–Kier alpha value is -0.577. The van der Waals surface area contributed by atoms with Gasteiger partial charge in [-0.1, -0.05) is 0 Å². The van der Waals surface area contributed by atoms with Crippen molar-refractivity contribution in [1.29, 1.82) is 0 Å². The fraction of sp³-hybridized carbons (Fsp3) is 0. The number of rotatable bonds is 2. The maximum atomic E-state index is 8.89. The van der Waals surface area contributed by atoms with Crippen LogP contribution in [0.15, 0.2) is 5.34 Å². The zero-order chi connectivity index (χ0) is 4.99. The summed E-state index contributed by atoms with van der Waals surface area (Å²) in [4.78, 5) is 20.4. The minimum atomic E-state index is -1.30. The van der Waals surface area contributed by atoms with Crippen LogP contribution < -0.4 is 0 Å². The molecule has 0 fully saturated rings. The molecule has 7 heavy (non-hydrogen) atoms. The van der Waals surface area contributed by atoms with E-state index < -0.39 is 5.09 Å². The van der Waals surface area contributed by atoms with Gasteiger partial charge in [0.2, 0.25) is 0 Å². The summed E-state index contributed by atoms with van der Waals surface area (Å²) in [5.41, 5.74) is 0. The smallest absolute Gasteiger partial charge is 0.218 e. The molecule has 0 saturated heterocycles. The molecule has 0 unspecified atom stereocenters. The molecule has 0 amide bonds. The van der Waals surface area contributed by atoms with E-state index in [1.807, 2.05) is 0 Å². The predicted molar refractivity (Wildman–Crippen MR) is 13.9 cm³/mol. The van der Waals surface area contributed by atoms with Gasteiger partial charge < -0.3 is 0 Å². The van der Waals surface area contributed by atoms with E-state index >= 15 is 0 Å². The molecule has 0 atom stereocenters. The molecule has 0 aromatic rings. The van der Waals surface area contributed by atoms with E-state index in [9.17, 15) is 0 Å². The number of hydrogen-bond donors (Lipinski definition) is 0. The molecule has 0 N–H and O–H groups in total. The molecule has 0 aromatic carbocycles. The first-order chi connectivity index (χ1) is 2.77. The third-order valence-corrected chi connectivity index (χ3v) is 0.100. The third-order valence-electron chi connectivity index (χ3n) is 0.100. The minimum absolute atomic E-state index is 0. The fourth-order valence-corrected chi connectivity index (χ4v) is 0.0272. The van der Waals surface area contributed by atoms with Gasteiger partial charge in [-0.15, -0.1) is 4.94 Å². The summed E-state index contributed by atoms with van der Waals surface area (Å²) in [6.07, 6.45) is 0. The second kappa shape index (κ2) is 5.42. The second-order valence-electron chi connectivity index (χ2n) is 0.380. The topological polar surface area (TPSA) is 81.8 Å². The first kappa shape index (κ1) is 9.66. The van der Waals surface area contributed by atoms with Crippen LogP contribution in [0.1, 0.15) is 0 Å². The van der Waals surface area contributed by atoms with E-state index in [0.29, 0.717) is 0 Å². The molecule has 0 spiro atoms. The molecular formula is N2O4Ru. The molecule has 42 valence electrons. The molecule has 0 aromatic heterocycles. The molecule has 0 rings (SSSR count). The average molecular weight is 193 g/mol. The number of hydrogen-bond acceptors (Lipinski definition) is 5. The van der Waals surface area contributed by atoms with Crippen molar-refractivity contribution in [2.24, 2.45) is 5.34 Å². The molecule has 0 bridgehead atoms. The van der Waals surface area contributed by atoms with Crippen molar-refractivity contribution in [1.82, 2.24) is 0 Å². The van der Waals surface area contributed by atoms with Crippen molar-refractivity contribution in [3.63, 3.8) is 0 Å². The van der Waals surface area contributed by atoms with Gasteiger partial charge in [0.1, 0.15) is 0 Å². The van der Waals surface area contributed by atoms with Crippen LogP contribution in [0.4, 0.5) is 0 Å². The van der Waals surface area contributed by atoms with Gasteiger partial charge in [0.05, 0.1) is 0 Å². The summed E-state index contributed by atoms with van der Waals surface area (Å²) in [6, 6.07) is 0. The van der Waals surface area contributed by atoms with Gasteiger partial charge in [-0.05, 0) is 0 Å². The standard InChI is InChI=1S/N2O4.Ru/c3-1-6-2(4)5;. The van der Waals surface area contributed by atoms with Crippen LogP contribution >= 0.6 is 0 Å². The maximum Gasteiger partial charge on any atom is 0.354 e. The molecule has 0 aliphatic carbocycles. The molecule has 0 radical (unpaired) electrons. The van der Waals surface area contributed by atoms with Gasteiger partial charge in [-0.2, -0.15) is 0 Å². The van der Waals surface area contributed by atoms with Gasteiger partial charge in [-0.3, -0.25) is 0 Å². The van der Waals surface area contributed by atoms with E-state index in [1.54, 1.807) is 0 Å². The molecule has 7 heteroatoms. The maximum absolute atomic E-state index is 8.89. The molecule has 0 aliphatic heterocycles. The van der Waals surface area contributed by atoms with Crippen molar-refractivity contribution in [3.8, 4) is 0 Å². The van der Waals surface area contributed by atoms with Crippen LogP contribution in [0.2, 0.25) is 0 Å². The van der Waals surface area contributed by atoms with Gasteiger partial charge in [-0.25, -0.2) is 10.1 Å². The Morgan fingerprint density at radius 3 is 2.14 bits per heavy atom. The summed E-state index contributed by atoms with van der Waals surface area (Å²) in [6.45, 7) is 0. The van der Waals surface area contributed by atoms with Crippen LogP contribution in [0.3, 0.4) is 0 Å². The first-order valence-corrected chi connectivity index (χ1v) is 0.913. The predicted octanol–water partition coefficient (Wildman–Crippen LogP) is -0.126. The van der Waals surface area contributed by atoms with Crippen LogP contribution in [0.5, 0.6) is 0 Å². The van der Waals surface area contributed by atoms with Gasteiger partial charge in [0.25, 0.3) is 0 Å². The van der Waals surface area contributed by atoms with Crippen molar-refractivity contribution in [3.05, 3.63) is 15.0 Å². The van der Waals surface area contributed by atoms with Crippen molar-refractivity contribution in [2.45, 2.75) is 0 Å². The summed E-state index contributed by atoms with van der Waals surface area (Å²) in [7, 11) is 0. The first-order valence-electron chi connectivity index (χ1n) is 0.913. The normalized spacial score (nSPS) is 5.71. The molecule has 0 heterocycles. The van der Waals surface area contributed by atoms with Gasteiger partial charge in [0, 0.05) is 24.4 Å². The zero-order valence-corrected chi connectivity index (χ0v) is 4.62. The van der Waals surface area contributed by atoms with E-state index in [-0.39, 0.29) is 19.5 Å². The Kier molecular flexibility index (Phi) is 7.48. The Labute approximate surface area is 50.6 Å². The van der Waals surface area contributed by atoms with Crippen LogP contribution in [0.25, 0.3) is 0 Å². The second-order valence-corrected chi connectivity index (χ2v) is 0.380. The largest absolute Gasteiger partial charge is 0.354 e. The fourth-order valence-electron chi connectivity index (χ4n) is 0.0272. The summed E-state index contributed by atoms with van der Waals surface area (Å²) in [5, 5.41) is 9.08. The van der Waals surface area contributed by atoms with E-state index in [1.165, 1.54) is 5.34 Å². The van der Waals surface area contributed by atoms with E-state index in [4.69, 9.17) is 15.0 Å².